The van der Waals surface area contributed by atoms with Gasteiger partial charge in [0.25, 0.3) is 0 Å². The van der Waals surface area contributed by atoms with E-state index >= 15 is 0 Å². The van der Waals surface area contributed by atoms with Crippen LogP contribution in [0.15, 0.2) is 0 Å². The molecule has 5 heteroatoms. The quantitative estimate of drug-likeness (QED) is 0.613. The Morgan fingerprint density at radius 3 is 2.33 bits per heavy atom. The van der Waals surface area contributed by atoms with E-state index in [1.54, 1.807) is 7.11 Å². The SMILES string of the molecule is CCCc1nc(NCC)c(C)c(NCCCCCOC)n1. The zero-order chi connectivity index (χ0) is 15.5. The summed E-state index contributed by atoms with van der Waals surface area (Å²) in [5.74, 6) is 2.84. The Bertz CT molecular complexity index is 410. The highest BCUT2D eigenvalue weighted by Crippen LogP contribution is 2.20. The molecule has 2 N–H and O–H groups in total. The first-order chi connectivity index (χ1) is 10.2. The summed E-state index contributed by atoms with van der Waals surface area (Å²) in [4.78, 5) is 9.25. The average Bonchev–Trinajstić information content (AvgIpc) is 2.47. The first-order valence-electron chi connectivity index (χ1n) is 8.07. The van der Waals surface area contributed by atoms with Crippen LogP contribution in [0.5, 0.6) is 0 Å². The smallest absolute Gasteiger partial charge is 0.134 e. The summed E-state index contributed by atoms with van der Waals surface area (Å²) in [6, 6.07) is 0. The van der Waals surface area contributed by atoms with E-state index in [1.807, 2.05) is 0 Å². The van der Waals surface area contributed by atoms with E-state index in [-0.39, 0.29) is 0 Å². The van der Waals surface area contributed by atoms with Crippen molar-refractivity contribution in [2.45, 2.75) is 52.9 Å². The summed E-state index contributed by atoms with van der Waals surface area (Å²) in [6.45, 7) is 8.97. The van der Waals surface area contributed by atoms with E-state index < -0.39 is 0 Å². The van der Waals surface area contributed by atoms with Crippen LogP contribution in [0.25, 0.3) is 0 Å². The third-order valence-corrected chi connectivity index (χ3v) is 3.33. The Morgan fingerprint density at radius 2 is 1.71 bits per heavy atom. The van der Waals surface area contributed by atoms with Gasteiger partial charge in [-0.2, -0.15) is 0 Å². The lowest BCUT2D eigenvalue weighted by Crippen LogP contribution is -2.12. The lowest BCUT2D eigenvalue weighted by Gasteiger charge is -2.14. The number of rotatable bonds is 11. The molecule has 0 bridgehead atoms. The predicted molar refractivity (Wildman–Crippen MR) is 89.1 cm³/mol. The maximum absolute atomic E-state index is 5.06. The van der Waals surface area contributed by atoms with Gasteiger partial charge in [-0.1, -0.05) is 6.92 Å². The molecule has 0 atom stereocenters. The number of hydrogen-bond donors (Lipinski definition) is 2. The van der Waals surface area contributed by atoms with Crippen molar-refractivity contribution < 1.29 is 4.74 Å². The van der Waals surface area contributed by atoms with Crippen LogP contribution < -0.4 is 10.6 Å². The molecule has 0 spiro atoms. The number of nitrogens with one attached hydrogen (secondary N) is 2. The van der Waals surface area contributed by atoms with Gasteiger partial charge in [0.1, 0.15) is 17.5 Å². The maximum Gasteiger partial charge on any atom is 0.134 e. The van der Waals surface area contributed by atoms with Crippen molar-refractivity contribution in [1.82, 2.24) is 9.97 Å². The number of nitrogens with zero attached hydrogens (tertiary/aromatic N) is 2. The number of unbranched alkanes of at least 4 members (excludes halogenated alkanes) is 2. The molecule has 0 aliphatic heterocycles. The van der Waals surface area contributed by atoms with Crippen LogP contribution in [-0.2, 0) is 11.2 Å². The number of aryl methyl sites for hydroxylation is 1. The van der Waals surface area contributed by atoms with Crippen LogP contribution in [-0.4, -0.2) is 36.8 Å². The van der Waals surface area contributed by atoms with Crippen molar-refractivity contribution in [3.63, 3.8) is 0 Å². The number of anilines is 2. The molecule has 1 rings (SSSR count). The van der Waals surface area contributed by atoms with Crippen molar-refractivity contribution in [1.29, 1.82) is 0 Å². The fourth-order valence-electron chi connectivity index (χ4n) is 2.17. The average molecular weight is 294 g/mol. The number of methoxy groups -OCH3 is 1. The van der Waals surface area contributed by atoms with Crippen LogP contribution in [0, 0.1) is 6.92 Å². The first-order valence-corrected chi connectivity index (χ1v) is 8.07. The van der Waals surface area contributed by atoms with E-state index in [9.17, 15) is 0 Å². The van der Waals surface area contributed by atoms with Crippen molar-refractivity contribution >= 4 is 11.6 Å². The second kappa shape index (κ2) is 10.4. The maximum atomic E-state index is 5.06. The highest BCUT2D eigenvalue weighted by Gasteiger charge is 2.09. The topological polar surface area (TPSA) is 59.1 Å². The van der Waals surface area contributed by atoms with Gasteiger partial charge in [-0.05, 0) is 39.5 Å². The summed E-state index contributed by atoms with van der Waals surface area (Å²) in [5, 5.41) is 6.78. The van der Waals surface area contributed by atoms with Gasteiger partial charge in [0.05, 0.1) is 0 Å². The van der Waals surface area contributed by atoms with Crippen molar-refractivity contribution in [2.75, 3.05) is 37.4 Å². The normalized spacial score (nSPS) is 10.7. The summed E-state index contributed by atoms with van der Waals surface area (Å²) in [6.07, 6.45) is 5.40. The molecule has 0 aliphatic rings. The van der Waals surface area contributed by atoms with Gasteiger partial charge in [-0.3, -0.25) is 0 Å². The van der Waals surface area contributed by atoms with Gasteiger partial charge in [0, 0.05) is 38.8 Å². The molecule has 0 unspecified atom stereocenters. The highest BCUT2D eigenvalue weighted by molar-refractivity contribution is 5.57. The monoisotopic (exact) mass is 294 g/mol. The third kappa shape index (κ3) is 6.29. The molecule has 5 nitrogen and oxygen atoms in total. The van der Waals surface area contributed by atoms with Gasteiger partial charge in [-0.15, -0.1) is 0 Å². The molecule has 1 aromatic heterocycles. The molecule has 0 aromatic carbocycles. The summed E-state index contributed by atoms with van der Waals surface area (Å²) >= 11 is 0. The van der Waals surface area contributed by atoms with Crippen molar-refractivity contribution in [3.05, 3.63) is 11.4 Å². The molecule has 0 saturated carbocycles. The molecule has 0 fully saturated rings. The van der Waals surface area contributed by atoms with Gasteiger partial charge in [-0.25, -0.2) is 9.97 Å². The Labute approximate surface area is 128 Å². The van der Waals surface area contributed by atoms with E-state index in [0.29, 0.717) is 0 Å². The molecular weight excluding hydrogens is 264 g/mol. The largest absolute Gasteiger partial charge is 0.385 e. The van der Waals surface area contributed by atoms with Gasteiger partial charge in [0.2, 0.25) is 0 Å². The Kier molecular flexibility index (Phi) is 8.74. The fraction of sp³-hybridized carbons (Fsp3) is 0.750. The van der Waals surface area contributed by atoms with Crippen LogP contribution in [0.3, 0.4) is 0 Å². The van der Waals surface area contributed by atoms with E-state index in [1.165, 1.54) is 6.42 Å². The van der Waals surface area contributed by atoms with E-state index in [0.717, 1.165) is 68.4 Å². The molecular formula is C16H30N4O. The molecule has 0 amide bonds. The number of ether oxygens (including phenoxy) is 1. The number of hydrogen-bond acceptors (Lipinski definition) is 5. The second-order valence-electron chi connectivity index (χ2n) is 5.22. The minimum atomic E-state index is 0.845. The lowest BCUT2D eigenvalue weighted by molar-refractivity contribution is 0.192. The standard InChI is InChI=1S/C16H30N4O/c1-5-10-14-19-15(17-6-2)13(3)16(20-14)18-11-8-7-9-12-21-4/h5-12H2,1-4H3,(H2,17,18,19,20). The zero-order valence-electron chi connectivity index (χ0n) is 14.0. The molecule has 21 heavy (non-hydrogen) atoms. The van der Waals surface area contributed by atoms with Crippen molar-refractivity contribution in [3.8, 4) is 0 Å². The van der Waals surface area contributed by atoms with E-state index in [4.69, 9.17) is 4.74 Å². The van der Waals surface area contributed by atoms with Crippen LogP contribution >= 0.6 is 0 Å². The Morgan fingerprint density at radius 1 is 1.00 bits per heavy atom. The summed E-state index contributed by atoms with van der Waals surface area (Å²) in [7, 11) is 1.75. The molecule has 1 heterocycles. The fourth-order valence-corrected chi connectivity index (χ4v) is 2.17. The second-order valence-corrected chi connectivity index (χ2v) is 5.22. The molecule has 0 aliphatic carbocycles. The lowest BCUT2D eigenvalue weighted by atomic mass is 10.2. The van der Waals surface area contributed by atoms with Gasteiger partial charge < -0.3 is 15.4 Å². The number of aromatic nitrogens is 2. The minimum absolute atomic E-state index is 0.845. The predicted octanol–water partition coefficient (Wildman–Crippen LogP) is 3.40. The van der Waals surface area contributed by atoms with Crippen molar-refractivity contribution in [2.24, 2.45) is 0 Å². The molecule has 0 radical (unpaired) electrons. The first kappa shape index (κ1) is 17.7. The van der Waals surface area contributed by atoms with Crippen LogP contribution in [0.2, 0.25) is 0 Å². The summed E-state index contributed by atoms with van der Waals surface area (Å²) in [5.41, 5.74) is 1.11. The zero-order valence-corrected chi connectivity index (χ0v) is 14.0. The van der Waals surface area contributed by atoms with Gasteiger partial charge >= 0.3 is 0 Å². The summed E-state index contributed by atoms with van der Waals surface area (Å²) < 4.78 is 5.06. The van der Waals surface area contributed by atoms with Gasteiger partial charge in [0.15, 0.2) is 0 Å². The van der Waals surface area contributed by atoms with E-state index in [2.05, 4.69) is 41.4 Å². The molecule has 0 saturated heterocycles. The Balaban J connectivity index is 2.61. The van der Waals surface area contributed by atoms with Crippen LogP contribution in [0.4, 0.5) is 11.6 Å². The molecule has 1 aromatic rings. The van der Waals surface area contributed by atoms with Crippen LogP contribution in [0.1, 0.15) is 50.9 Å². The highest BCUT2D eigenvalue weighted by atomic mass is 16.5. The third-order valence-electron chi connectivity index (χ3n) is 3.33. The Hall–Kier alpha value is -1.36. The minimum Gasteiger partial charge on any atom is -0.385 e. The molecule has 120 valence electrons.